The van der Waals surface area contributed by atoms with Gasteiger partial charge in [0.05, 0.1) is 6.10 Å². The minimum absolute atomic E-state index is 0.0756. The Balaban J connectivity index is 2.35. The van der Waals surface area contributed by atoms with E-state index < -0.39 is 0 Å². The number of aliphatic hydroxyl groups excluding tert-OH is 1. The molecule has 0 bridgehead atoms. The quantitative estimate of drug-likeness (QED) is 0.602. The summed E-state index contributed by atoms with van der Waals surface area (Å²) in [5, 5.41) is 9.53. The van der Waals surface area contributed by atoms with Crippen LogP contribution in [0.5, 0.6) is 0 Å². The third-order valence-corrected chi connectivity index (χ3v) is 2.43. The predicted molar refractivity (Wildman–Crippen MR) is 46.3 cm³/mol. The first kappa shape index (κ1) is 8.58. The molecule has 1 fully saturated rings. The highest BCUT2D eigenvalue weighted by molar-refractivity contribution is 4.84. The minimum Gasteiger partial charge on any atom is -0.393 e. The molecule has 0 spiro atoms. The van der Waals surface area contributed by atoms with Crippen molar-refractivity contribution in [2.24, 2.45) is 5.92 Å². The smallest absolute Gasteiger partial charge is 0.0571 e. The highest BCUT2D eigenvalue weighted by Crippen LogP contribution is 2.26. The minimum atomic E-state index is -0.0756. The molecule has 0 aromatic heterocycles. The Hall–Kier alpha value is -0.520. The second-order valence-corrected chi connectivity index (χ2v) is 3.26. The molecule has 0 aliphatic heterocycles. The van der Waals surface area contributed by atoms with Gasteiger partial charge in [-0.3, -0.25) is 0 Å². The average Bonchev–Trinajstić information content (AvgIpc) is 2.03. The van der Waals surface area contributed by atoms with Crippen molar-refractivity contribution in [1.82, 2.24) is 0 Å². The van der Waals surface area contributed by atoms with Crippen LogP contribution in [0.2, 0.25) is 0 Å². The zero-order valence-electron chi connectivity index (χ0n) is 6.92. The maximum atomic E-state index is 9.53. The molecule has 1 aliphatic rings. The van der Waals surface area contributed by atoms with Gasteiger partial charge in [-0.2, -0.15) is 0 Å². The summed E-state index contributed by atoms with van der Waals surface area (Å²) in [6.07, 6.45) is 7.41. The third kappa shape index (κ3) is 2.53. The van der Waals surface area contributed by atoms with Crippen LogP contribution in [0.1, 0.15) is 32.1 Å². The Morgan fingerprint density at radius 3 is 2.82 bits per heavy atom. The lowest BCUT2D eigenvalue weighted by molar-refractivity contribution is 0.0714. The lowest BCUT2D eigenvalue weighted by atomic mass is 9.84. The van der Waals surface area contributed by atoms with Crippen LogP contribution < -0.4 is 0 Å². The molecule has 11 heavy (non-hydrogen) atoms. The molecule has 0 radical (unpaired) electrons. The molecule has 1 aliphatic carbocycles. The summed E-state index contributed by atoms with van der Waals surface area (Å²) in [6, 6.07) is 0. The molecule has 1 nitrogen and oxygen atoms in total. The van der Waals surface area contributed by atoms with Gasteiger partial charge in [0.1, 0.15) is 0 Å². The number of aliphatic hydroxyl groups is 1. The lowest BCUT2D eigenvalue weighted by Crippen LogP contribution is -2.23. The monoisotopic (exact) mass is 152 g/mol. The van der Waals surface area contributed by atoms with Crippen molar-refractivity contribution >= 4 is 0 Å². The Morgan fingerprint density at radius 1 is 1.45 bits per heavy atom. The van der Waals surface area contributed by atoms with Gasteiger partial charge in [-0.15, -0.1) is 5.73 Å². The fourth-order valence-electron chi connectivity index (χ4n) is 1.70. The van der Waals surface area contributed by atoms with Crippen LogP contribution in [0, 0.1) is 5.92 Å². The molecule has 0 amide bonds. The summed E-state index contributed by atoms with van der Waals surface area (Å²) in [5.41, 5.74) is 2.75. The molecule has 2 unspecified atom stereocenters. The standard InChI is InChI=1S/C10H16O/c1-2-3-6-9-7-4-5-8-10(9)11/h3,9-11H,1,4-8H2. The normalized spacial score (nSPS) is 31.0. The number of hydrogen-bond acceptors (Lipinski definition) is 1. The maximum absolute atomic E-state index is 9.53. The molecule has 2 atom stereocenters. The van der Waals surface area contributed by atoms with Gasteiger partial charge in [-0.1, -0.05) is 19.4 Å². The van der Waals surface area contributed by atoms with Gasteiger partial charge in [-0.25, -0.2) is 0 Å². The van der Waals surface area contributed by atoms with E-state index in [1.807, 2.05) is 6.08 Å². The van der Waals surface area contributed by atoms with Crippen LogP contribution in [0.25, 0.3) is 0 Å². The first-order chi connectivity index (χ1) is 5.34. The largest absolute Gasteiger partial charge is 0.393 e. The van der Waals surface area contributed by atoms with E-state index in [1.165, 1.54) is 19.3 Å². The number of rotatable bonds is 2. The van der Waals surface area contributed by atoms with Crippen molar-refractivity contribution in [1.29, 1.82) is 0 Å². The zero-order valence-corrected chi connectivity index (χ0v) is 6.92. The molecule has 0 aromatic rings. The maximum Gasteiger partial charge on any atom is 0.0571 e. The van der Waals surface area contributed by atoms with E-state index in [-0.39, 0.29) is 6.10 Å². The zero-order chi connectivity index (χ0) is 8.10. The van der Waals surface area contributed by atoms with Crippen molar-refractivity contribution < 1.29 is 5.11 Å². The second kappa shape index (κ2) is 4.38. The van der Waals surface area contributed by atoms with Crippen LogP contribution in [0.15, 0.2) is 18.4 Å². The van der Waals surface area contributed by atoms with E-state index in [0.29, 0.717) is 5.92 Å². The second-order valence-electron chi connectivity index (χ2n) is 3.26. The Labute approximate surface area is 68.4 Å². The van der Waals surface area contributed by atoms with Gasteiger partial charge in [0.2, 0.25) is 0 Å². The Morgan fingerprint density at radius 2 is 2.18 bits per heavy atom. The fourth-order valence-corrected chi connectivity index (χ4v) is 1.70. The molecule has 0 aromatic carbocycles. The van der Waals surface area contributed by atoms with E-state index >= 15 is 0 Å². The number of allylic oxidation sites excluding steroid dienone is 1. The van der Waals surface area contributed by atoms with Gasteiger partial charge in [0, 0.05) is 0 Å². The van der Waals surface area contributed by atoms with Crippen LogP contribution in [-0.4, -0.2) is 11.2 Å². The number of hydrogen-bond donors (Lipinski definition) is 1. The fraction of sp³-hybridized carbons (Fsp3) is 0.700. The summed E-state index contributed by atoms with van der Waals surface area (Å²) < 4.78 is 0. The van der Waals surface area contributed by atoms with Gasteiger partial charge in [0.25, 0.3) is 0 Å². The van der Waals surface area contributed by atoms with Crippen LogP contribution in [0.4, 0.5) is 0 Å². The van der Waals surface area contributed by atoms with Gasteiger partial charge >= 0.3 is 0 Å². The third-order valence-electron chi connectivity index (χ3n) is 2.43. The van der Waals surface area contributed by atoms with Gasteiger partial charge in [-0.05, 0) is 31.3 Å². The van der Waals surface area contributed by atoms with E-state index in [1.54, 1.807) is 0 Å². The van der Waals surface area contributed by atoms with Crippen molar-refractivity contribution in [3.63, 3.8) is 0 Å². The summed E-state index contributed by atoms with van der Waals surface area (Å²) >= 11 is 0. The van der Waals surface area contributed by atoms with E-state index in [0.717, 1.165) is 12.8 Å². The molecule has 1 saturated carbocycles. The molecule has 0 saturated heterocycles. The molecule has 0 heterocycles. The summed E-state index contributed by atoms with van der Waals surface area (Å²) in [6.45, 7) is 3.51. The van der Waals surface area contributed by atoms with E-state index in [4.69, 9.17) is 0 Å². The summed E-state index contributed by atoms with van der Waals surface area (Å²) in [4.78, 5) is 0. The van der Waals surface area contributed by atoms with Crippen LogP contribution in [0.3, 0.4) is 0 Å². The molecular weight excluding hydrogens is 136 g/mol. The van der Waals surface area contributed by atoms with E-state index in [9.17, 15) is 5.11 Å². The van der Waals surface area contributed by atoms with Crippen LogP contribution >= 0.6 is 0 Å². The molecule has 1 N–H and O–H groups in total. The van der Waals surface area contributed by atoms with Gasteiger partial charge in [0.15, 0.2) is 0 Å². The first-order valence-electron chi connectivity index (χ1n) is 4.37. The predicted octanol–water partition coefficient (Wildman–Crippen LogP) is 2.27. The lowest BCUT2D eigenvalue weighted by Gasteiger charge is -2.26. The molecule has 1 heteroatoms. The first-order valence-corrected chi connectivity index (χ1v) is 4.37. The van der Waals surface area contributed by atoms with E-state index in [2.05, 4.69) is 12.3 Å². The van der Waals surface area contributed by atoms with Crippen molar-refractivity contribution in [3.05, 3.63) is 18.4 Å². The summed E-state index contributed by atoms with van der Waals surface area (Å²) in [7, 11) is 0. The van der Waals surface area contributed by atoms with Crippen molar-refractivity contribution in [2.45, 2.75) is 38.2 Å². The SMILES string of the molecule is C=C=CCC1CCCCC1O. The van der Waals surface area contributed by atoms with Gasteiger partial charge < -0.3 is 5.11 Å². The molecule has 62 valence electrons. The van der Waals surface area contributed by atoms with Crippen molar-refractivity contribution in [2.75, 3.05) is 0 Å². The highest BCUT2D eigenvalue weighted by Gasteiger charge is 2.21. The Bertz CT molecular complexity index is 156. The average molecular weight is 152 g/mol. The topological polar surface area (TPSA) is 20.2 Å². The summed E-state index contributed by atoms with van der Waals surface area (Å²) in [5.74, 6) is 0.470. The van der Waals surface area contributed by atoms with Crippen molar-refractivity contribution in [3.8, 4) is 0 Å². The van der Waals surface area contributed by atoms with Crippen LogP contribution in [-0.2, 0) is 0 Å². The molecular formula is C10H16O. The highest BCUT2D eigenvalue weighted by atomic mass is 16.3. The Kier molecular flexibility index (Phi) is 3.41. The molecule has 1 rings (SSSR count).